The Balaban J connectivity index is 0. The van der Waals surface area contributed by atoms with Crippen LogP contribution in [0.5, 0.6) is 0 Å². The maximum absolute atomic E-state index is 3.64. The van der Waals surface area contributed by atoms with Crippen LogP contribution >= 0.6 is 0 Å². The van der Waals surface area contributed by atoms with Gasteiger partial charge in [0.25, 0.3) is 0 Å². The molecule has 0 rings (SSSR count). The zero-order valence-electron chi connectivity index (χ0n) is 5.97. The Morgan fingerprint density at radius 2 is 2.11 bits per heavy atom. The average molecular weight is 133 g/mol. The van der Waals surface area contributed by atoms with Crippen molar-refractivity contribution in [2.75, 3.05) is 13.6 Å². The van der Waals surface area contributed by atoms with Crippen molar-refractivity contribution in [3.63, 3.8) is 0 Å². The van der Waals surface area contributed by atoms with Crippen LogP contribution in [0.4, 0.5) is 0 Å². The molecule has 0 spiro atoms. The summed E-state index contributed by atoms with van der Waals surface area (Å²) in [5.41, 5.74) is 0. The molecule has 2 heteroatoms. The molecular weight excluding hydrogens is 118 g/mol. The molecule has 0 amide bonds. The Morgan fingerprint density at radius 1 is 1.44 bits per heavy atom. The standard InChI is InChI=1S/C7H15N.Ne/c1-3-4-5-6-7-8-2;/h3,8H,1,4-7H2,2H3;. The van der Waals surface area contributed by atoms with Crippen LogP contribution in [-0.2, 0) is 0 Å². The van der Waals surface area contributed by atoms with Gasteiger partial charge in [-0.1, -0.05) is 6.08 Å². The molecule has 0 aromatic carbocycles. The first-order chi connectivity index (χ1) is 3.91. The van der Waals surface area contributed by atoms with Crippen molar-refractivity contribution in [2.24, 2.45) is 0 Å². The number of unbranched alkanes of at least 4 members (excludes halogenated alkanes) is 2. The smallest absolute Gasteiger partial charge is 0 e. The Hall–Kier alpha value is -0.391. The van der Waals surface area contributed by atoms with E-state index in [4.69, 9.17) is 0 Å². The van der Waals surface area contributed by atoms with E-state index in [1.165, 1.54) is 12.8 Å². The minimum Gasteiger partial charge on any atom is -0.320 e. The molecule has 0 saturated carbocycles. The fourth-order valence-electron chi connectivity index (χ4n) is 0.590. The molecular formula is C7H15NNe. The molecule has 0 saturated heterocycles. The van der Waals surface area contributed by atoms with Gasteiger partial charge in [-0.05, 0) is 32.9 Å². The van der Waals surface area contributed by atoms with E-state index in [1.807, 2.05) is 13.1 Å². The number of nitrogens with one attached hydrogen (secondary N) is 1. The van der Waals surface area contributed by atoms with Gasteiger partial charge < -0.3 is 5.32 Å². The molecule has 0 bridgehead atoms. The van der Waals surface area contributed by atoms with Gasteiger partial charge in [-0.2, -0.15) is 0 Å². The summed E-state index contributed by atoms with van der Waals surface area (Å²) in [6, 6.07) is 0. The third-order valence-corrected chi connectivity index (χ3v) is 1.09. The summed E-state index contributed by atoms with van der Waals surface area (Å²) in [6.45, 7) is 4.77. The van der Waals surface area contributed by atoms with E-state index in [2.05, 4.69) is 11.9 Å². The molecule has 0 atom stereocenters. The van der Waals surface area contributed by atoms with Crippen LogP contribution in [0.25, 0.3) is 0 Å². The predicted molar refractivity (Wildman–Crippen MR) is 38.0 cm³/mol. The number of hydrogen-bond acceptors (Lipinski definition) is 1. The quantitative estimate of drug-likeness (QED) is 0.443. The topological polar surface area (TPSA) is 12.0 Å². The minimum absolute atomic E-state index is 0. The Labute approximate surface area is 57.9 Å². The minimum atomic E-state index is 0. The van der Waals surface area contributed by atoms with Crippen molar-refractivity contribution in [1.29, 1.82) is 0 Å². The summed E-state index contributed by atoms with van der Waals surface area (Å²) in [5.74, 6) is 0. The van der Waals surface area contributed by atoms with Gasteiger partial charge in [0.15, 0.2) is 0 Å². The molecule has 0 fully saturated rings. The first kappa shape index (κ1) is 11.4. The van der Waals surface area contributed by atoms with Crippen LogP contribution < -0.4 is 5.32 Å². The Bertz CT molecular complexity index is 54.9. The summed E-state index contributed by atoms with van der Waals surface area (Å²) in [7, 11) is 1.98. The fourth-order valence-corrected chi connectivity index (χ4v) is 0.590. The van der Waals surface area contributed by atoms with Crippen LogP contribution in [0.1, 0.15) is 19.3 Å². The van der Waals surface area contributed by atoms with Gasteiger partial charge in [0.05, 0.1) is 0 Å². The molecule has 0 unspecified atom stereocenters. The van der Waals surface area contributed by atoms with Crippen molar-refractivity contribution in [3.8, 4) is 0 Å². The molecule has 1 nitrogen and oxygen atoms in total. The van der Waals surface area contributed by atoms with Gasteiger partial charge >= 0.3 is 0 Å². The van der Waals surface area contributed by atoms with E-state index in [0.29, 0.717) is 0 Å². The number of hydrogen-bond donors (Lipinski definition) is 1. The molecule has 0 aromatic heterocycles. The SMILES string of the molecule is C=CCCCCNC.[Ne]. The summed E-state index contributed by atoms with van der Waals surface area (Å²) in [5, 5.41) is 3.09. The van der Waals surface area contributed by atoms with E-state index in [0.717, 1.165) is 13.0 Å². The van der Waals surface area contributed by atoms with E-state index < -0.39 is 0 Å². The van der Waals surface area contributed by atoms with Crippen LogP contribution in [-0.4, -0.2) is 13.6 Å². The summed E-state index contributed by atoms with van der Waals surface area (Å²) in [4.78, 5) is 0. The van der Waals surface area contributed by atoms with E-state index in [9.17, 15) is 0 Å². The third kappa shape index (κ3) is 11.3. The van der Waals surface area contributed by atoms with Crippen molar-refractivity contribution in [2.45, 2.75) is 19.3 Å². The molecule has 56 valence electrons. The first-order valence-electron chi connectivity index (χ1n) is 3.17. The first-order valence-corrected chi connectivity index (χ1v) is 3.17. The number of allylic oxidation sites excluding steroid dienone is 1. The Morgan fingerprint density at radius 3 is 2.56 bits per heavy atom. The van der Waals surface area contributed by atoms with Gasteiger partial charge in [-0.15, -0.1) is 6.58 Å². The van der Waals surface area contributed by atoms with Gasteiger partial charge in [-0.25, -0.2) is 0 Å². The van der Waals surface area contributed by atoms with Gasteiger partial charge in [0.2, 0.25) is 0 Å². The van der Waals surface area contributed by atoms with Gasteiger partial charge in [0, 0.05) is 6.15 Å². The van der Waals surface area contributed by atoms with Crippen LogP contribution in [0, 0.1) is 6.15 Å². The second kappa shape index (κ2) is 10.6. The molecule has 0 aromatic rings. The predicted octanol–water partition coefficient (Wildman–Crippen LogP) is 1.56. The summed E-state index contributed by atoms with van der Waals surface area (Å²) >= 11 is 0. The van der Waals surface area contributed by atoms with E-state index >= 15 is 0 Å². The second-order valence-electron chi connectivity index (χ2n) is 1.89. The Kier molecular flexibility index (Phi) is 13.4. The van der Waals surface area contributed by atoms with Crippen LogP contribution in [0.2, 0.25) is 0 Å². The fraction of sp³-hybridized carbons (Fsp3) is 0.714. The molecule has 0 radical (unpaired) electrons. The van der Waals surface area contributed by atoms with E-state index in [1.54, 1.807) is 0 Å². The zero-order valence-corrected chi connectivity index (χ0v) is 5.97. The molecule has 1 N–H and O–H groups in total. The van der Waals surface area contributed by atoms with Crippen molar-refractivity contribution in [3.05, 3.63) is 12.7 Å². The molecule has 0 aliphatic heterocycles. The van der Waals surface area contributed by atoms with Crippen LogP contribution in [0.3, 0.4) is 0 Å². The van der Waals surface area contributed by atoms with Crippen molar-refractivity contribution in [1.82, 2.24) is 5.32 Å². The van der Waals surface area contributed by atoms with E-state index in [-0.39, 0.29) is 6.15 Å². The summed E-state index contributed by atoms with van der Waals surface area (Å²) in [6.07, 6.45) is 5.66. The van der Waals surface area contributed by atoms with Crippen molar-refractivity contribution < 1.29 is 6.15 Å². The molecule has 9 heavy (non-hydrogen) atoms. The summed E-state index contributed by atoms with van der Waals surface area (Å²) < 4.78 is 0. The zero-order chi connectivity index (χ0) is 6.24. The monoisotopic (exact) mass is 133 g/mol. The third-order valence-electron chi connectivity index (χ3n) is 1.09. The number of rotatable bonds is 5. The van der Waals surface area contributed by atoms with Gasteiger partial charge in [0.1, 0.15) is 0 Å². The molecule has 0 aliphatic rings. The molecule has 0 aliphatic carbocycles. The van der Waals surface area contributed by atoms with Crippen molar-refractivity contribution >= 4 is 0 Å². The maximum Gasteiger partial charge on any atom is 0 e. The van der Waals surface area contributed by atoms with Crippen LogP contribution in [0.15, 0.2) is 12.7 Å². The molecule has 0 heterocycles. The average Bonchev–Trinajstić information content (AvgIpc) is 1.81. The maximum atomic E-state index is 3.64. The normalized spacial score (nSPS) is 8.11. The van der Waals surface area contributed by atoms with Gasteiger partial charge in [-0.3, -0.25) is 0 Å². The second-order valence-corrected chi connectivity index (χ2v) is 1.89. The largest absolute Gasteiger partial charge is 0.320 e.